The first-order chi connectivity index (χ1) is 10.4. The summed E-state index contributed by atoms with van der Waals surface area (Å²) in [6.07, 6.45) is -0.152. The molecule has 1 aromatic rings. The van der Waals surface area contributed by atoms with E-state index in [2.05, 4.69) is 0 Å². The van der Waals surface area contributed by atoms with Crippen LogP contribution in [0.2, 0.25) is 0 Å². The van der Waals surface area contributed by atoms with E-state index in [0.29, 0.717) is 11.4 Å². The van der Waals surface area contributed by atoms with Gasteiger partial charge in [-0.3, -0.25) is 19.2 Å². The summed E-state index contributed by atoms with van der Waals surface area (Å²) >= 11 is 9.66. The van der Waals surface area contributed by atoms with Gasteiger partial charge in [0.15, 0.2) is 0 Å². The summed E-state index contributed by atoms with van der Waals surface area (Å²) in [6.45, 7) is 0. The number of benzene rings is 1. The normalized spacial score (nSPS) is 18.9. The molecule has 2 heterocycles. The highest BCUT2D eigenvalue weighted by atomic mass is 32.1. The third-order valence-corrected chi connectivity index (χ3v) is 4.01. The number of carbonyl (C=O) groups is 4. The Labute approximate surface area is 135 Å². The van der Waals surface area contributed by atoms with Crippen LogP contribution in [0.3, 0.4) is 0 Å². The minimum absolute atomic E-state index is 0.0734. The molecule has 0 radical (unpaired) electrons. The van der Waals surface area contributed by atoms with Crippen molar-refractivity contribution in [1.82, 2.24) is 0 Å². The number of hydrogen-bond acceptors (Lipinski definition) is 6. The second-order valence-corrected chi connectivity index (χ2v) is 5.77. The second-order valence-electron chi connectivity index (χ2n) is 4.78. The smallest absolute Gasteiger partial charge is 0.272 e. The van der Waals surface area contributed by atoms with Gasteiger partial charge in [0.2, 0.25) is 11.8 Å². The van der Waals surface area contributed by atoms with E-state index >= 15 is 0 Å². The SMILES string of the molecule is O=C1CC(=S)C(=O)N1c1ccc(N2C(=O)CC(=S)C2=O)cc1. The fourth-order valence-corrected chi connectivity index (χ4v) is 2.76. The van der Waals surface area contributed by atoms with Crippen LogP contribution in [-0.2, 0) is 19.2 Å². The number of rotatable bonds is 2. The van der Waals surface area contributed by atoms with Gasteiger partial charge in [0, 0.05) is 0 Å². The topological polar surface area (TPSA) is 74.8 Å². The Morgan fingerprint density at radius 1 is 0.682 bits per heavy atom. The first-order valence-electron chi connectivity index (χ1n) is 6.30. The third kappa shape index (κ3) is 2.16. The third-order valence-electron chi connectivity index (χ3n) is 3.37. The van der Waals surface area contributed by atoms with Gasteiger partial charge in [-0.25, -0.2) is 9.80 Å². The quantitative estimate of drug-likeness (QED) is 0.593. The van der Waals surface area contributed by atoms with Crippen molar-refractivity contribution in [2.24, 2.45) is 0 Å². The van der Waals surface area contributed by atoms with E-state index in [1.54, 1.807) is 0 Å². The number of amides is 4. The molecule has 3 rings (SSSR count). The molecule has 0 N–H and O–H groups in total. The largest absolute Gasteiger partial charge is 0.274 e. The predicted molar refractivity (Wildman–Crippen MR) is 85.9 cm³/mol. The monoisotopic (exact) mass is 332 g/mol. The lowest BCUT2D eigenvalue weighted by Gasteiger charge is -2.16. The summed E-state index contributed by atoms with van der Waals surface area (Å²) < 4.78 is 0. The Hall–Kier alpha value is -2.32. The van der Waals surface area contributed by atoms with E-state index in [1.165, 1.54) is 24.3 Å². The van der Waals surface area contributed by atoms with E-state index in [-0.39, 0.29) is 22.6 Å². The molecule has 0 aromatic heterocycles. The molecular formula is C14H8N2O4S2. The molecule has 22 heavy (non-hydrogen) atoms. The molecule has 8 heteroatoms. The van der Waals surface area contributed by atoms with Crippen LogP contribution in [0.1, 0.15) is 12.8 Å². The van der Waals surface area contributed by atoms with Gasteiger partial charge in [0.05, 0.1) is 33.9 Å². The Bertz CT molecular complexity index is 705. The fourth-order valence-electron chi connectivity index (χ4n) is 2.33. The molecule has 0 unspecified atom stereocenters. The minimum atomic E-state index is -0.512. The molecule has 0 bridgehead atoms. The van der Waals surface area contributed by atoms with Gasteiger partial charge < -0.3 is 0 Å². The standard InChI is InChI=1S/C14H8N2O4S2/c17-11-5-9(21)13(19)15(11)7-1-2-8(4-3-7)16-12(18)6-10(22)14(16)20/h1-4H,5-6H2. The predicted octanol–water partition coefficient (Wildman–Crippen LogP) is 0.953. The zero-order valence-electron chi connectivity index (χ0n) is 11.1. The van der Waals surface area contributed by atoms with Crippen molar-refractivity contribution in [3.63, 3.8) is 0 Å². The summed E-state index contributed by atoms with van der Waals surface area (Å²) in [6, 6.07) is 5.95. The second kappa shape index (κ2) is 5.15. The summed E-state index contributed by atoms with van der Waals surface area (Å²) in [5, 5.41) is 0. The molecule has 2 fully saturated rings. The molecule has 0 aliphatic carbocycles. The average Bonchev–Trinajstić information content (AvgIpc) is 2.87. The van der Waals surface area contributed by atoms with E-state index in [0.717, 1.165) is 9.80 Å². The molecule has 0 saturated carbocycles. The average molecular weight is 332 g/mol. The lowest BCUT2D eigenvalue weighted by atomic mass is 10.2. The first kappa shape index (κ1) is 14.6. The lowest BCUT2D eigenvalue weighted by molar-refractivity contribution is -0.122. The molecule has 6 nitrogen and oxygen atoms in total. The number of hydrogen-bond donors (Lipinski definition) is 0. The van der Waals surface area contributed by atoms with Crippen LogP contribution in [0.4, 0.5) is 11.4 Å². The van der Waals surface area contributed by atoms with Crippen LogP contribution >= 0.6 is 24.4 Å². The maximum atomic E-state index is 11.8. The zero-order valence-corrected chi connectivity index (χ0v) is 12.7. The van der Waals surface area contributed by atoms with Crippen molar-refractivity contribution in [1.29, 1.82) is 0 Å². The van der Waals surface area contributed by atoms with E-state index < -0.39 is 23.6 Å². The number of imide groups is 2. The summed E-state index contributed by atoms with van der Waals surface area (Å²) in [4.78, 5) is 49.3. The van der Waals surface area contributed by atoms with Crippen molar-refractivity contribution in [3.05, 3.63) is 24.3 Å². The number of carbonyl (C=O) groups excluding carboxylic acids is 4. The van der Waals surface area contributed by atoms with E-state index in [4.69, 9.17) is 24.4 Å². The molecule has 2 aliphatic rings. The van der Waals surface area contributed by atoms with Gasteiger partial charge in [-0.1, -0.05) is 24.4 Å². The Balaban J connectivity index is 1.91. The van der Waals surface area contributed by atoms with Gasteiger partial charge >= 0.3 is 0 Å². The minimum Gasteiger partial charge on any atom is -0.274 e. The van der Waals surface area contributed by atoms with Crippen LogP contribution in [0, 0.1) is 0 Å². The molecule has 0 atom stereocenters. The van der Waals surface area contributed by atoms with Crippen LogP contribution in [0.15, 0.2) is 24.3 Å². The molecule has 4 amide bonds. The molecule has 1 aromatic carbocycles. The summed E-state index contributed by atoms with van der Waals surface area (Å²) in [5.74, 6) is -1.81. The Morgan fingerprint density at radius 2 is 1.00 bits per heavy atom. The van der Waals surface area contributed by atoms with Crippen LogP contribution in [0.5, 0.6) is 0 Å². The van der Waals surface area contributed by atoms with E-state index in [9.17, 15) is 19.2 Å². The Kier molecular flexibility index (Phi) is 3.42. The number of nitrogens with zero attached hydrogens (tertiary/aromatic N) is 2. The molecule has 110 valence electrons. The molecular weight excluding hydrogens is 324 g/mol. The molecule has 0 spiro atoms. The summed E-state index contributed by atoms with van der Waals surface area (Å²) in [5.41, 5.74) is 0.695. The van der Waals surface area contributed by atoms with Crippen LogP contribution < -0.4 is 9.80 Å². The highest BCUT2D eigenvalue weighted by Gasteiger charge is 2.37. The highest BCUT2D eigenvalue weighted by molar-refractivity contribution is 7.82. The van der Waals surface area contributed by atoms with Gasteiger partial charge in [0.1, 0.15) is 0 Å². The number of thiocarbonyl (C=S) groups is 2. The van der Waals surface area contributed by atoms with Crippen molar-refractivity contribution in [2.75, 3.05) is 9.80 Å². The highest BCUT2D eigenvalue weighted by Crippen LogP contribution is 2.27. The van der Waals surface area contributed by atoms with Crippen LogP contribution in [-0.4, -0.2) is 33.4 Å². The molecule has 2 saturated heterocycles. The van der Waals surface area contributed by atoms with Gasteiger partial charge in [0.25, 0.3) is 11.8 Å². The zero-order chi connectivity index (χ0) is 16.0. The Morgan fingerprint density at radius 3 is 1.23 bits per heavy atom. The fraction of sp³-hybridized carbons (Fsp3) is 0.143. The van der Waals surface area contributed by atoms with Crippen molar-refractivity contribution < 1.29 is 19.2 Å². The van der Waals surface area contributed by atoms with Gasteiger partial charge in [-0.05, 0) is 24.3 Å². The van der Waals surface area contributed by atoms with E-state index in [1.807, 2.05) is 0 Å². The van der Waals surface area contributed by atoms with Crippen molar-refractivity contribution in [3.8, 4) is 0 Å². The van der Waals surface area contributed by atoms with Crippen molar-refractivity contribution in [2.45, 2.75) is 12.8 Å². The lowest BCUT2D eigenvalue weighted by Crippen LogP contribution is -2.31. The van der Waals surface area contributed by atoms with Gasteiger partial charge in [-0.15, -0.1) is 0 Å². The molecule has 2 aliphatic heterocycles. The maximum absolute atomic E-state index is 11.8. The number of anilines is 2. The van der Waals surface area contributed by atoms with Crippen LogP contribution in [0.25, 0.3) is 0 Å². The summed E-state index contributed by atoms with van der Waals surface area (Å²) in [7, 11) is 0. The van der Waals surface area contributed by atoms with Gasteiger partial charge in [-0.2, -0.15) is 0 Å². The maximum Gasteiger partial charge on any atom is 0.272 e. The first-order valence-corrected chi connectivity index (χ1v) is 7.12. The van der Waals surface area contributed by atoms with Crippen molar-refractivity contribution >= 4 is 69.2 Å².